The Morgan fingerprint density at radius 1 is 1.42 bits per heavy atom. The van der Waals surface area contributed by atoms with E-state index in [-0.39, 0.29) is 5.60 Å². The van der Waals surface area contributed by atoms with Gasteiger partial charge in [0, 0.05) is 17.7 Å². The molecule has 1 aliphatic heterocycles. The zero-order valence-corrected chi connectivity index (χ0v) is 12.7. The van der Waals surface area contributed by atoms with Crippen LogP contribution in [0.3, 0.4) is 0 Å². The van der Waals surface area contributed by atoms with Gasteiger partial charge in [-0.15, -0.1) is 0 Å². The zero-order valence-electron chi connectivity index (χ0n) is 11.9. The lowest BCUT2D eigenvalue weighted by Crippen LogP contribution is -2.50. The van der Waals surface area contributed by atoms with Crippen LogP contribution < -0.4 is 5.32 Å². The SMILES string of the molecule is CCCNC(Cc1ccccc1Cl)C1(C)CCCO1. The van der Waals surface area contributed by atoms with Crippen LogP contribution >= 0.6 is 11.6 Å². The second-order valence-corrected chi connectivity index (χ2v) is 5.97. The van der Waals surface area contributed by atoms with Crippen LogP contribution in [0.25, 0.3) is 0 Å². The van der Waals surface area contributed by atoms with Crippen molar-refractivity contribution in [2.24, 2.45) is 0 Å². The lowest BCUT2D eigenvalue weighted by molar-refractivity contribution is -0.0114. The largest absolute Gasteiger partial charge is 0.374 e. The normalized spacial score (nSPS) is 24.6. The molecule has 2 unspecified atom stereocenters. The Morgan fingerprint density at radius 3 is 2.84 bits per heavy atom. The van der Waals surface area contributed by atoms with Crippen LogP contribution in [0.1, 0.15) is 38.7 Å². The molecule has 2 nitrogen and oxygen atoms in total. The molecule has 3 heteroatoms. The number of halogens is 1. The van der Waals surface area contributed by atoms with E-state index in [1.807, 2.05) is 12.1 Å². The van der Waals surface area contributed by atoms with E-state index in [0.717, 1.165) is 43.9 Å². The van der Waals surface area contributed by atoms with Crippen molar-refractivity contribution in [3.8, 4) is 0 Å². The summed E-state index contributed by atoms with van der Waals surface area (Å²) in [5.41, 5.74) is 1.14. The molecule has 1 aromatic carbocycles. The van der Waals surface area contributed by atoms with Gasteiger partial charge in [-0.1, -0.05) is 36.7 Å². The van der Waals surface area contributed by atoms with Gasteiger partial charge in [-0.25, -0.2) is 0 Å². The number of hydrogen-bond acceptors (Lipinski definition) is 2. The first-order chi connectivity index (χ1) is 9.15. The first-order valence-corrected chi connectivity index (χ1v) is 7.64. The number of rotatable bonds is 6. The van der Waals surface area contributed by atoms with E-state index >= 15 is 0 Å². The van der Waals surface area contributed by atoms with Gasteiger partial charge >= 0.3 is 0 Å². The molecule has 0 radical (unpaired) electrons. The summed E-state index contributed by atoms with van der Waals surface area (Å²) < 4.78 is 6.01. The maximum atomic E-state index is 6.29. The number of benzene rings is 1. The summed E-state index contributed by atoms with van der Waals surface area (Å²) in [7, 11) is 0. The summed E-state index contributed by atoms with van der Waals surface area (Å²) in [5.74, 6) is 0. The average Bonchev–Trinajstić information content (AvgIpc) is 2.84. The highest BCUT2D eigenvalue weighted by molar-refractivity contribution is 6.31. The van der Waals surface area contributed by atoms with Crippen LogP contribution in [0.4, 0.5) is 0 Å². The zero-order chi connectivity index (χ0) is 13.7. The molecule has 1 aromatic rings. The molecule has 1 heterocycles. The van der Waals surface area contributed by atoms with E-state index in [9.17, 15) is 0 Å². The second kappa shape index (κ2) is 6.74. The summed E-state index contributed by atoms with van der Waals surface area (Å²) in [6.45, 7) is 6.32. The molecule has 0 bridgehead atoms. The molecule has 1 N–H and O–H groups in total. The minimum absolute atomic E-state index is 0.0612. The molecule has 0 aromatic heterocycles. The van der Waals surface area contributed by atoms with Crippen molar-refractivity contribution >= 4 is 11.6 Å². The van der Waals surface area contributed by atoms with Crippen LogP contribution in [0.15, 0.2) is 24.3 Å². The molecule has 2 rings (SSSR count). The van der Waals surface area contributed by atoms with E-state index in [1.54, 1.807) is 0 Å². The quantitative estimate of drug-likeness (QED) is 0.856. The standard InChI is InChI=1S/C16H24ClNO/c1-3-10-18-15(16(2)9-6-11-19-16)12-13-7-4-5-8-14(13)17/h4-5,7-8,15,18H,3,6,9-12H2,1-2H3. The third-order valence-corrected chi connectivity index (χ3v) is 4.38. The number of nitrogens with one attached hydrogen (secondary N) is 1. The Bertz CT molecular complexity index is 401. The van der Waals surface area contributed by atoms with Crippen LogP contribution in [0.2, 0.25) is 5.02 Å². The van der Waals surface area contributed by atoms with Gasteiger partial charge in [0.2, 0.25) is 0 Å². The lowest BCUT2D eigenvalue weighted by Gasteiger charge is -2.34. The molecule has 0 saturated carbocycles. The Morgan fingerprint density at radius 2 is 2.21 bits per heavy atom. The Balaban J connectivity index is 2.11. The van der Waals surface area contributed by atoms with Crippen LogP contribution in [-0.2, 0) is 11.2 Å². The first-order valence-electron chi connectivity index (χ1n) is 7.26. The summed E-state index contributed by atoms with van der Waals surface area (Å²) in [6.07, 6.45) is 4.34. The van der Waals surface area contributed by atoms with E-state index < -0.39 is 0 Å². The summed E-state index contributed by atoms with van der Waals surface area (Å²) in [4.78, 5) is 0. The predicted molar refractivity (Wildman–Crippen MR) is 80.8 cm³/mol. The maximum Gasteiger partial charge on any atom is 0.0810 e. The van der Waals surface area contributed by atoms with Gasteiger partial charge in [-0.05, 0) is 50.8 Å². The van der Waals surface area contributed by atoms with Gasteiger partial charge in [0.1, 0.15) is 0 Å². The fourth-order valence-corrected chi connectivity index (χ4v) is 2.99. The van der Waals surface area contributed by atoms with Crippen molar-refractivity contribution in [2.75, 3.05) is 13.2 Å². The van der Waals surface area contributed by atoms with Gasteiger partial charge in [-0.3, -0.25) is 0 Å². The highest BCUT2D eigenvalue weighted by Gasteiger charge is 2.38. The lowest BCUT2D eigenvalue weighted by atomic mass is 9.88. The molecule has 1 saturated heterocycles. The molecule has 1 fully saturated rings. The van der Waals surface area contributed by atoms with Crippen molar-refractivity contribution in [2.45, 2.75) is 51.2 Å². The van der Waals surface area contributed by atoms with Gasteiger partial charge in [-0.2, -0.15) is 0 Å². The Kier molecular flexibility index (Phi) is 5.26. The third kappa shape index (κ3) is 3.71. The second-order valence-electron chi connectivity index (χ2n) is 5.57. The third-order valence-electron chi connectivity index (χ3n) is 4.01. The topological polar surface area (TPSA) is 21.3 Å². The van der Waals surface area contributed by atoms with Crippen molar-refractivity contribution in [1.82, 2.24) is 5.32 Å². The van der Waals surface area contributed by atoms with Gasteiger partial charge in [0.15, 0.2) is 0 Å². The van der Waals surface area contributed by atoms with Gasteiger partial charge in [0.25, 0.3) is 0 Å². The summed E-state index contributed by atoms with van der Waals surface area (Å²) >= 11 is 6.29. The van der Waals surface area contributed by atoms with Crippen molar-refractivity contribution in [1.29, 1.82) is 0 Å². The molecule has 106 valence electrons. The molecule has 0 aliphatic carbocycles. The fraction of sp³-hybridized carbons (Fsp3) is 0.625. The average molecular weight is 282 g/mol. The number of hydrogen-bond donors (Lipinski definition) is 1. The van der Waals surface area contributed by atoms with E-state index in [2.05, 4.69) is 31.3 Å². The van der Waals surface area contributed by atoms with E-state index in [1.165, 1.54) is 5.56 Å². The minimum atomic E-state index is -0.0612. The van der Waals surface area contributed by atoms with E-state index in [0.29, 0.717) is 6.04 Å². The number of ether oxygens (including phenoxy) is 1. The molecule has 1 aliphatic rings. The summed E-state index contributed by atoms with van der Waals surface area (Å²) in [6, 6.07) is 8.44. The summed E-state index contributed by atoms with van der Waals surface area (Å²) in [5, 5.41) is 4.50. The molecular formula is C16H24ClNO. The maximum absolute atomic E-state index is 6.29. The Hall–Kier alpha value is -0.570. The predicted octanol–water partition coefficient (Wildman–Crippen LogP) is 3.82. The molecule has 0 amide bonds. The highest BCUT2D eigenvalue weighted by atomic mass is 35.5. The van der Waals surface area contributed by atoms with Crippen LogP contribution in [0.5, 0.6) is 0 Å². The molecular weight excluding hydrogens is 258 g/mol. The van der Waals surface area contributed by atoms with Crippen molar-refractivity contribution in [3.63, 3.8) is 0 Å². The van der Waals surface area contributed by atoms with Crippen molar-refractivity contribution in [3.05, 3.63) is 34.9 Å². The van der Waals surface area contributed by atoms with Gasteiger partial charge in [0.05, 0.1) is 5.60 Å². The fourth-order valence-electron chi connectivity index (χ4n) is 2.78. The Labute approximate surface area is 121 Å². The first kappa shape index (κ1) is 14.8. The van der Waals surface area contributed by atoms with Gasteiger partial charge < -0.3 is 10.1 Å². The molecule has 2 atom stereocenters. The molecule has 19 heavy (non-hydrogen) atoms. The smallest absolute Gasteiger partial charge is 0.0810 e. The van der Waals surface area contributed by atoms with E-state index in [4.69, 9.17) is 16.3 Å². The monoisotopic (exact) mass is 281 g/mol. The van der Waals surface area contributed by atoms with Crippen LogP contribution in [-0.4, -0.2) is 24.8 Å². The minimum Gasteiger partial charge on any atom is -0.374 e. The van der Waals surface area contributed by atoms with Crippen LogP contribution in [0, 0.1) is 0 Å². The van der Waals surface area contributed by atoms with Crippen molar-refractivity contribution < 1.29 is 4.74 Å². The highest BCUT2D eigenvalue weighted by Crippen LogP contribution is 2.31. The molecule has 0 spiro atoms.